The van der Waals surface area contributed by atoms with E-state index in [1.165, 1.54) is 11.3 Å². The lowest BCUT2D eigenvalue weighted by Gasteiger charge is -2.26. The van der Waals surface area contributed by atoms with Gasteiger partial charge in [-0.15, -0.1) is 0 Å². The van der Waals surface area contributed by atoms with E-state index < -0.39 is 12.0 Å². The van der Waals surface area contributed by atoms with Gasteiger partial charge in [0, 0.05) is 22.6 Å². The normalized spacial score (nSPS) is 14.5. The Balaban J connectivity index is 1.53. The first-order valence-corrected chi connectivity index (χ1v) is 17.3. The Hall–Kier alpha value is -5.28. The van der Waals surface area contributed by atoms with E-state index >= 15 is 0 Å². The van der Waals surface area contributed by atoms with Gasteiger partial charge in [0.05, 0.1) is 40.6 Å². The molecule has 0 N–H and O–H groups in total. The van der Waals surface area contributed by atoms with Crippen LogP contribution in [0, 0.1) is 13.8 Å². The Morgan fingerprint density at radius 3 is 2.18 bits per heavy atom. The van der Waals surface area contributed by atoms with Crippen molar-refractivity contribution in [2.75, 3.05) is 13.2 Å². The van der Waals surface area contributed by atoms with E-state index in [2.05, 4.69) is 30.5 Å². The molecule has 6 rings (SSSR count). The monoisotopic (exact) mass is 673 g/mol. The number of carbonyl (C=O) groups is 2. The third kappa shape index (κ3) is 6.46. The van der Waals surface area contributed by atoms with E-state index in [0.717, 1.165) is 39.3 Å². The number of fused-ring (bicyclic) bond motifs is 1. The van der Waals surface area contributed by atoms with Crippen LogP contribution in [0.1, 0.15) is 83.7 Å². The lowest BCUT2D eigenvalue weighted by Crippen LogP contribution is -2.40. The Labute approximate surface area is 289 Å². The van der Waals surface area contributed by atoms with E-state index in [1.807, 2.05) is 80.6 Å². The predicted molar refractivity (Wildman–Crippen MR) is 193 cm³/mol. The molecule has 9 heteroatoms. The summed E-state index contributed by atoms with van der Waals surface area (Å²) in [5, 5.41) is 0. The quantitative estimate of drug-likeness (QED) is 0.164. The van der Waals surface area contributed by atoms with Gasteiger partial charge in [0.25, 0.3) is 5.56 Å². The Morgan fingerprint density at radius 1 is 0.898 bits per heavy atom. The van der Waals surface area contributed by atoms with Crippen LogP contribution in [-0.2, 0) is 14.3 Å². The van der Waals surface area contributed by atoms with Gasteiger partial charge in [-0.25, -0.2) is 14.6 Å². The molecule has 8 nitrogen and oxygen atoms in total. The number of aromatic nitrogens is 2. The number of esters is 2. The molecule has 0 radical (unpaired) electrons. The van der Waals surface area contributed by atoms with E-state index in [9.17, 15) is 14.4 Å². The molecule has 0 aliphatic carbocycles. The highest BCUT2D eigenvalue weighted by atomic mass is 32.1. The molecule has 0 fully saturated rings. The number of carbonyl (C=O) groups excluding carboxylic acids is 2. The number of hydrogen-bond donors (Lipinski definition) is 0. The lowest BCUT2D eigenvalue weighted by molar-refractivity contribution is -0.138. The number of aryl methyl sites for hydroxylation is 1. The Bertz CT molecular complexity index is 2240. The molecule has 0 spiro atoms. The second-order valence-corrected chi connectivity index (χ2v) is 13.2. The summed E-state index contributed by atoms with van der Waals surface area (Å²) in [6, 6.07) is 26.2. The molecule has 0 amide bonds. The van der Waals surface area contributed by atoms with Gasteiger partial charge < -0.3 is 14.0 Å². The minimum Gasteiger partial charge on any atom is -0.463 e. The maximum Gasteiger partial charge on any atom is 0.338 e. The number of benzene rings is 3. The molecule has 0 saturated carbocycles. The number of thiazole rings is 1. The zero-order valence-electron chi connectivity index (χ0n) is 28.5. The standard InChI is InChI=1S/C40H39N3O5S/c1-7-47-38(45)30-18-20-32(21-19-30)42-25(5)22-31(26(42)6)23-33-37(44)43-36(29-16-14-27(15-17-29)24(3)4)34(39(46)48-8-2)35(41-40(43)49-33)28-12-10-9-11-13-28/h9-24,36H,7-8H2,1-6H3/b33-23-/t36-/m0/s1. The van der Waals surface area contributed by atoms with Crippen molar-refractivity contribution in [3.8, 4) is 5.69 Å². The zero-order chi connectivity index (χ0) is 34.8. The molecular formula is C40H39N3O5S. The highest BCUT2D eigenvalue weighted by Crippen LogP contribution is 2.35. The maximum atomic E-state index is 14.4. The third-order valence-corrected chi connectivity index (χ3v) is 9.67. The Kier molecular flexibility index (Phi) is 9.65. The van der Waals surface area contributed by atoms with Gasteiger partial charge in [0.2, 0.25) is 0 Å². The molecular weight excluding hydrogens is 635 g/mol. The number of rotatable bonds is 9. The van der Waals surface area contributed by atoms with Crippen LogP contribution >= 0.6 is 11.3 Å². The molecule has 1 aliphatic heterocycles. The minimum absolute atomic E-state index is 0.189. The molecule has 2 aromatic heterocycles. The van der Waals surface area contributed by atoms with Crippen molar-refractivity contribution >= 4 is 35.0 Å². The number of ether oxygens (including phenoxy) is 2. The van der Waals surface area contributed by atoms with Crippen molar-refractivity contribution in [1.82, 2.24) is 9.13 Å². The first-order chi connectivity index (χ1) is 23.6. The molecule has 3 aromatic carbocycles. The summed E-state index contributed by atoms with van der Waals surface area (Å²) in [6.45, 7) is 12.3. The average molecular weight is 674 g/mol. The summed E-state index contributed by atoms with van der Waals surface area (Å²) in [6.07, 6.45) is 1.89. The summed E-state index contributed by atoms with van der Waals surface area (Å²) in [7, 11) is 0. The van der Waals surface area contributed by atoms with Gasteiger partial charge in [-0.2, -0.15) is 0 Å². The summed E-state index contributed by atoms with van der Waals surface area (Å²) >= 11 is 1.30. The van der Waals surface area contributed by atoms with E-state index in [-0.39, 0.29) is 18.1 Å². The first kappa shape index (κ1) is 33.6. The van der Waals surface area contributed by atoms with Crippen molar-refractivity contribution in [3.05, 3.63) is 149 Å². The highest BCUT2D eigenvalue weighted by molar-refractivity contribution is 7.07. The van der Waals surface area contributed by atoms with E-state index in [1.54, 1.807) is 30.5 Å². The van der Waals surface area contributed by atoms with Crippen LogP contribution in [0.2, 0.25) is 0 Å². The predicted octanol–water partition coefficient (Wildman–Crippen LogP) is 6.64. The molecule has 5 aromatic rings. The second-order valence-electron chi connectivity index (χ2n) is 12.2. The van der Waals surface area contributed by atoms with Crippen LogP contribution < -0.4 is 14.9 Å². The van der Waals surface area contributed by atoms with E-state index in [0.29, 0.717) is 38.7 Å². The molecule has 49 heavy (non-hydrogen) atoms. The first-order valence-electron chi connectivity index (χ1n) is 16.5. The van der Waals surface area contributed by atoms with Crippen molar-refractivity contribution < 1.29 is 19.1 Å². The van der Waals surface area contributed by atoms with Crippen LogP contribution in [0.3, 0.4) is 0 Å². The summed E-state index contributed by atoms with van der Waals surface area (Å²) in [4.78, 5) is 45.9. The smallest absolute Gasteiger partial charge is 0.338 e. The van der Waals surface area contributed by atoms with Gasteiger partial charge >= 0.3 is 11.9 Å². The summed E-state index contributed by atoms with van der Waals surface area (Å²) in [5.41, 5.74) is 7.47. The van der Waals surface area contributed by atoms with Crippen LogP contribution in [0.25, 0.3) is 17.5 Å². The van der Waals surface area contributed by atoms with Crippen LogP contribution in [0.4, 0.5) is 0 Å². The van der Waals surface area contributed by atoms with Gasteiger partial charge in [-0.1, -0.05) is 79.8 Å². The fourth-order valence-electron chi connectivity index (χ4n) is 6.25. The highest BCUT2D eigenvalue weighted by Gasteiger charge is 2.35. The zero-order valence-corrected chi connectivity index (χ0v) is 29.3. The topological polar surface area (TPSA) is 91.9 Å². The maximum absolute atomic E-state index is 14.4. The summed E-state index contributed by atoms with van der Waals surface area (Å²) < 4.78 is 15.0. The molecule has 1 aliphatic rings. The fraction of sp³-hybridized carbons (Fsp3) is 0.250. The van der Waals surface area contributed by atoms with Crippen molar-refractivity contribution in [1.29, 1.82) is 0 Å². The van der Waals surface area contributed by atoms with Gasteiger partial charge in [-0.3, -0.25) is 9.36 Å². The van der Waals surface area contributed by atoms with Gasteiger partial charge in [-0.05, 0) is 86.7 Å². The van der Waals surface area contributed by atoms with Gasteiger partial charge in [0.15, 0.2) is 4.80 Å². The number of hydrogen-bond acceptors (Lipinski definition) is 7. The minimum atomic E-state index is -0.737. The van der Waals surface area contributed by atoms with E-state index in [4.69, 9.17) is 14.5 Å². The molecule has 0 bridgehead atoms. The average Bonchev–Trinajstić information content (AvgIpc) is 3.57. The molecule has 1 atom stereocenters. The second kappa shape index (κ2) is 14.1. The fourth-order valence-corrected chi connectivity index (χ4v) is 7.24. The molecule has 3 heterocycles. The van der Waals surface area contributed by atoms with Gasteiger partial charge in [0.1, 0.15) is 0 Å². The molecule has 0 saturated heterocycles. The van der Waals surface area contributed by atoms with Crippen LogP contribution in [0.15, 0.2) is 100 Å². The molecule has 0 unspecified atom stereocenters. The number of nitrogens with zero attached hydrogens (tertiary/aromatic N) is 3. The van der Waals surface area contributed by atoms with Crippen LogP contribution in [-0.4, -0.2) is 34.3 Å². The summed E-state index contributed by atoms with van der Waals surface area (Å²) in [5.74, 6) is -0.540. The van der Waals surface area contributed by atoms with Crippen molar-refractivity contribution in [3.63, 3.8) is 0 Å². The van der Waals surface area contributed by atoms with Crippen molar-refractivity contribution in [2.24, 2.45) is 4.99 Å². The lowest BCUT2D eigenvalue weighted by atomic mass is 9.91. The Morgan fingerprint density at radius 2 is 1.55 bits per heavy atom. The van der Waals surface area contributed by atoms with Crippen LogP contribution in [0.5, 0.6) is 0 Å². The largest absolute Gasteiger partial charge is 0.463 e. The van der Waals surface area contributed by atoms with Crippen molar-refractivity contribution in [2.45, 2.75) is 53.5 Å². The third-order valence-electron chi connectivity index (χ3n) is 8.69. The SMILES string of the molecule is CCOC(=O)C1=C(c2ccccc2)N=c2s/c(=C\c3cc(C)n(-c4ccc(C(=O)OCC)cc4)c3C)c(=O)n2[C@H]1c1ccc(C(C)C)cc1. The molecule has 250 valence electrons.